The number of rotatable bonds is 3. The summed E-state index contributed by atoms with van der Waals surface area (Å²) < 4.78 is 0. The standard InChI is InChI=1S/C14H11Cl2NO/c1-9-2-4-11(17-8-9)7-14(18)12-6-10(15)3-5-13(12)16/h2-6,8H,7H2,1H3. The van der Waals surface area contributed by atoms with Crippen LogP contribution >= 0.6 is 23.2 Å². The Bertz CT molecular complexity index is 579. The van der Waals surface area contributed by atoms with E-state index in [4.69, 9.17) is 23.2 Å². The van der Waals surface area contributed by atoms with Gasteiger partial charge in [0.05, 0.1) is 11.4 Å². The lowest BCUT2D eigenvalue weighted by Crippen LogP contribution is -2.05. The zero-order chi connectivity index (χ0) is 13.1. The molecule has 0 atom stereocenters. The van der Waals surface area contributed by atoms with E-state index in [9.17, 15) is 4.79 Å². The molecular weight excluding hydrogens is 269 g/mol. The Labute approximate surface area is 116 Å². The van der Waals surface area contributed by atoms with Crippen molar-refractivity contribution in [2.45, 2.75) is 13.3 Å². The Morgan fingerprint density at radius 3 is 2.67 bits per heavy atom. The van der Waals surface area contributed by atoms with Crippen molar-refractivity contribution in [1.29, 1.82) is 0 Å². The number of ketones is 1. The minimum absolute atomic E-state index is 0.0844. The lowest BCUT2D eigenvalue weighted by atomic mass is 10.1. The molecule has 4 heteroatoms. The van der Waals surface area contributed by atoms with Crippen molar-refractivity contribution in [2.75, 3.05) is 0 Å². The van der Waals surface area contributed by atoms with Crippen molar-refractivity contribution in [1.82, 2.24) is 4.98 Å². The summed E-state index contributed by atoms with van der Waals surface area (Å²) in [6, 6.07) is 8.63. The van der Waals surface area contributed by atoms with Gasteiger partial charge < -0.3 is 0 Å². The Morgan fingerprint density at radius 2 is 2.00 bits per heavy atom. The van der Waals surface area contributed by atoms with E-state index in [1.807, 2.05) is 19.1 Å². The van der Waals surface area contributed by atoms with Gasteiger partial charge in [0, 0.05) is 22.5 Å². The van der Waals surface area contributed by atoms with E-state index in [-0.39, 0.29) is 12.2 Å². The molecule has 18 heavy (non-hydrogen) atoms. The molecule has 2 nitrogen and oxygen atoms in total. The number of carbonyl (C=O) groups excluding carboxylic acids is 1. The van der Waals surface area contributed by atoms with Crippen LogP contribution in [-0.4, -0.2) is 10.8 Å². The average Bonchev–Trinajstić information content (AvgIpc) is 2.35. The van der Waals surface area contributed by atoms with Gasteiger partial charge in [0.25, 0.3) is 0 Å². The van der Waals surface area contributed by atoms with Crippen molar-refractivity contribution < 1.29 is 4.79 Å². The molecule has 0 amide bonds. The number of aryl methyl sites for hydroxylation is 1. The molecule has 0 saturated heterocycles. The van der Waals surface area contributed by atoms with E-state index in [0.29, 0.717) is 15.6 Å². The van der Waals surface area contributed by atoms with Gasteiger partial charge in [0.2, 0.25) is 0 Å². The molecule has 2 rings (SSSR count). The van der Waals surface area contributed by atoms with Crippen LogP contribution in [0, 0.1) is 6.92 Å². The summed E-state index contributed by atoms with van der Waals surface area (Å²) in [6.45, 7) is 1.95. The van der Waals surface area contributed by atoms with Crippen LogP contribution in [0.3, 0.4) is 0 Å². The Kier molecular flexibility index (Phi) is 4.00. The van der Waals surface area contributed by atoms with Crippen molar-refractivity contribution in [3.63, 3.8) is 0 Å². The molecule has 0 radical (unpaired) electrons. The number of aromatic nitrogens is 1. The molecule has 92 valence electrons. The van der Waals surface area contributed by atoms with E-state index in [0.717, 1.165) is 11.3 Å². The van der Waals surface area contributed by atoms with Crippen molar-refractivity contribution in [3.05, 3.63) is 63.4 Å². The largest absolute Gasteiger partial charge is 0.294 e. The van der Waals surface area contributed by atoms with Crippen LogP contribution < -0.4 is 0 Å². The Hall–Kier alpha value is -1.38. The van der Waals surface area contributed by atoms with Gasteiger partial charge in [-0.1, -0.05) is 29.3 Å². The summed E-state index contributed by atoms with van der Waals surface area (Å²) in [5.74, 6) is -0.0844. The monoisotopic (exact) mass is 279 g/mol. The summed E-state index contributed by atoms with van der Waals surface area (Å²) in [4.78, 5) is 16.3. The fourth-order valence-electron chi connectivity index (χ4n) is 1.57. The highest BCUT2D eigenvalue weighted by Crippen LogP contribution is 2.22. The molecule has 0 aliphatic rings. The number of nitrogens with zero attached hydrogens (tertiary/aromatic N) is 1. The maximum Gasteiger partial charge on any atom is 0.170 e. The van der Waals surface area contributed by atoms with Crippen LogP contribution in [0.1, 0.15) is 21.6 Å². The highest BCUT2D eigenvalue weighted by Gasteiger charge is 2.12. The first-order chi connectivity index (χ1) is 8.56. The number of halogens is 2. The number of hydrogen-bond acceptors (Lipinski definition) is 2. The second-order valence-corrected chi connectivity index (χ2v) is 4.89. The molecule has 1 heterocycles. The van der Waals surface area contributed by atoms with Crippen LogP contribution in [0.5, 0.6) is 0 Å². The van der Waals surface area contributed by atoms with Gasteiger partial charge in [-0.25, -0.2) is 0 Å². The first-order valence-electron chi connectivity index (χ1n) is 5.46. The number of hydrogen-bond donors (Lipinski definition) is 0. The molecule has 0 bridgehead atoms. The summed E-state index contributed by atoms with van der Waals surface area (Å²) in [7, 11) is 0. The topological polar surface area (TPSA) is 30.0 Å². The van der Waals surface area contributed by atoms with Crippen LogP contribution in [0.25, 0.3) is 0 Å². The van der Waals surface area contributed by atoms with E-state index in [2.05, 4.69) is 4.98 Å². The maximum absolute atomic E-state index is 12.1. The minimum Gasteiger partial charge on any atom is -0.294 e. The molecule has 1 aromatic carbocycles. The van der Waals surface area contributed by atoms with Gasteiger partial charge in [-0.15, -0.1) is 0 Å². The molecular formula is C14H11Cl2NO. The summed E-state index contributed by atoms with van der Waals surface area (Å²) in [5.41, 5.74) is 2.22. The predicted octanol–water partition coefficient (Wildman–Crippen LogP) is 4.12. The first kappa shape index (κ1) is 13.1. The number of pyridine rings is 1. The SMILES string of the molecule is Cc1ccc(CC(=O)c2cc(Cl)ccc2Cl)nc1. The summed E-state index contributed by atoms with van der Waals surface area (Å²) >= 11 is 11.8. The van der Waals surface area contributed by atoms with Gasteiger partial charge in [-0.2, -0.15) is 0 Å². The van der Waals surface area contributed by atoms with Crippen LogP contribution in [-0.2, 0) is 6.42 Å². The summed E-state index contributed by atoms with van der Waals surface area (Å²) in [5, 5.41) is 0.913. The second-order valence-electron chi connectivity index (χ2n) is 4.05. The maximum atomic E-state index is 12.1. The number of carbonyl (C=O) groups is 1. The second kappa shape index (κ2) is 5.51. The van der Waals surface area contributed by atoms with Crippen molar-refractivity contribution in [3.8, 4) is 0 Å². The number of Topliss-reactive ketones (excluding diaryl/α,β-unsaturated/α-hetero) is 1. The van der Waals surface area contributed by atoms with Crippen LogP contribution in [0.4, 0.5) is 0 Å². The number of benzene rings is 1. The lowest BCUT2D eigenvalue weighted by molar-refractivity contribution is 0.0992. The molecule has 2 aromatic rings. The molecule has 0 aliphatic heterocycles. The normalized spacial score (nSPS) is 10.4. The highest BCUT2D eigenvalue weighted by molar-refractivity contribution is 6.35. The van der Waals surface area contributed by atoms with Crippen molar-refractivity contribution >= 4 is 29.0 Å². The van der Waals surface area contributed by atoms with E-state index in [1.165, 1.54) is 0 Å². The minimum atomic E-state index is -0.0844. The third-order valence-corrected chi connectivity index (χ3v) is 3.11. The van der Waals surface area contributed by atoms with Gasteiger partial charge in [-0.05, 0) is 36.8 Å². The summed E-state index contributed by atoms with van der Waals surface area (Å²) in [6.07, 6.45) is 1.96. The Morgan fingerprint density at radius 1 is 1.22 bits per heavy atom. The zero-order valence-electron chi connectivity index (χ0n) is 9.78. The predicted molar refractivity (Wildman–Crippen MR) is 73.5 cm³/mol. The Balaban J connectivity index is 2.21. The lowest BCUT2D eigenvalue weighted by Gasteiger charge is -2.04. The van der Waals surface area contributed by atoms with Crippen LogP contribution in [0.2, 0.25) is 10.0 Å². The van der Waals surface area contributed by atoms with Crippen LogP contribution in [0.15, 0.2) is 36.5 Å². The van der Waals surface area contributed by atoms with Gasteiger partial charge in [-0.3, -0.25) is 9.78 Å². The fourth-order valence-corrected chi connectivity index (χ4v) is 1.97. The highest BCUT2D eigenvalue weighted by atomic mass is 35.5. The van der Waals surface area contributed by atoms with Gasteiger partial charge >= 0.3 is 0 Å². The molecule has 0 spiro atoms. The molecule has 0 saturated carbocycles. The smallest absolute Gasteiger partial charge is 0.170 e. The third-order valence-electron chi connectivity index (χ3n) is 2.54. The van der Waals surface area contributed by atoms with Gasteiger partial charge in [0.1, 0.15) is 0 Å². The zero-order valence-corrected chi connectivity index (χ0v) is 11.3. The van der Waals surface area contributed by atoms with E-state index < -0.39 is 0 Å². The first-order valence-corrected chi connectivity index (χ1v) is 6.21. The molecule has 0 aliphatic carbocycles. The molecule has 0 fully saturated rings. The van der Waals surface area contributed by atoms with Gasteiger partial charge in [0.15, 0.2) is 5.78 Å². The van der Waals surface area contributed by atoms with Crippen molar-refractivity contribution in [2.24, 2.45) is 0 Å². The fraction of sp³-hybridized carbons (Fsp3) is 0.143. The van der Waals surface area contributed by atoms with E-state index in [1.54, 1.807) is 24.4 Å². The third kappa shape index (κ3) is 3.09. The molecule has 0 unspecified atom stereocenters. The molecule has 0 N–H and O–H groups in total. The molecule has 1 aromatic heterocycles. The van der Waals surface area contributed by atoms with E-state index >= 15 is 0 Å². The quantitative estimate of drug-likeness (QED) is 0.791. The average molecular weight is 280 g/mol.